The lowest BCUT2D eigenvalue weighted by Gasteiger charge is -2.16. The highest BCUT2D eigenvalue weighted by molar-refractivity contribution is 7.89. The Morgan fingerprint density at radius 3 is 2.50 bits per heavy atom. The molecule has 0 aliphatic heterocycles. The SMILES string of the molecule is COCC(C)NC(=O)c1cc(S(N)(=O)=O)cn1C(C)C. The lowest BCUT2D eigenvalue weighted by atomic mass is 10.3. The minimum atomic E-state index is -3.84. The highest BCUT2D eigenvalue weighted by atomic mass is 32.2. The first kappa shape index (κ1) is 16.7. The van der Waals surface area contributed by atoms with Gasteiger partial charge in [0, 0.05) is 25.4 Å². The number of amides is 1. The highest BCUT2D eigenvalue weighted by Crippen LogP contribution is 2.18. The fourth-order valence-electron chi connectivity index (χ4n) is 1.81. The number of nitrogens with zero attached hydrogens (tertiary/aromatic N) is 1. The minimum Gasteiger partial charge on any atom is -0.383 e. The Bertz CT molecular complexity index is 578. The van der Waals surface area contributed by atoms with Gasteiger partial charge in [-0.05, 0) is 26.8 Å². The van der Waals surface area contributed by atoms with Gasteiger partial charge in [0.25, 0.3) is 5.91 Å². The molecule has 1 heterocycles. The van der Waals surface area contributed by atoms with Crippen LogP contribution in [0.4, 0.5) is 0 Å². The number of nitrogens with one attached hydrogen (secondary N) is 1. The largest absolute Gasteiger partial charge is 0.383 e. The van der Waals surface area contributed by atoms with E-state index >= 15 is 0 Å². The van der Waals surface area contributed by atoms with Crippen molar-refractivity contribution in [1.82, 2.24) is 9.88 Å². The predicted octanol–water partition coefficient (Wildman–Crippen LogP) is 0.481. The quantitative estimate of drug-likeness (QED) is 0.797. The molecular weight excluding hydrogens is 282 g/mol. The number of hydrogen-bond donors (Lipinski definition) is 2. The van der Waals surface area contributed by atoms with Crippen LogP contribution in [0.3, 0.4) is 0 Å². The molecule has 0 bridgehead atoms. The van der Waals surface area contributed by atoms with E-state index in [0.717, 1.165) is 0 Å². The van der Waals surface area contributed by atoms with Gasteiger partial charge in [-0.3, -0.25) is 4.79 Å². The van der Waals surface area contributed by atoms with Gasteiger partial charge in [0.2, 0.25) is 10.0 Å². The van der Waals surface area contributed by atoms with E-state index < -0.39 is 10.0 Å². The molecule has 0 aliphatic carbocycles. The van der Waals surface area contributed by atoms with Gasteiger partial charge in [0.1, 0.15) is 10.6 Å². The first-order valence-corrected chi connectivity index (χ1v) is 7.76. The maximum Gasteiger partial charge on any atom is 0.268 e. The number of hydrogen-bond acceptors (Lipinski definition) is 4. The molecule has 20 heavy (non-hydrogen) atoms. The van der Waals surface area contributed by atoms with Gasteiger partial charge < -0.3 is 14.6 Å². The summed E-state index contributed by atoms with van der Waals surface area (Å²) in [6.07, 6.45) is 1.37. The number of carbonyl (C=O) groups excluding carboxylic acids is 1. The van der Waals surface area contributed by atoms with Gasteiger partial charge in [-0.2, -0.15) is 0 Å². The second-order valence-corrected chi connectivity index (χ2v) is 6.50. The average Bonchev–Trinajstić information content (AvgIpc) is 2.73. The second kappa shape index (κ2) is 6.38. The van der Waals surface area contributed by atoms with E-state index in [1.54, 1.807) is 18.6 Å². The Labute approximate surface area is 119 Å². The molecule has 1 unspecified atom stereocenters. The van der Waals surface area contributed by atoms with Crippen molar-refractivity contribution in [3.05, 3.63) is 18.0 Å². The Hall–Kier alpha value is -1.38. The number of methoxy groups -OCH3 is 1. The first-order valence-electron chi connectivity index (χ1n) is 6.21. The van der Waals surface area contributed by atoms with Crippen molar-refractivity contribution in [2.45, 2.75) is 37.8 Å². The maximum atomic E-state index is 12.2. The fourth-order valence-corrected chi connectivity index (χ4v) is 2.34. The van der Waals surface area contributed by atoms with Crippen molar-refractivity contribution in [2.75, 3.05) is 13.7 Å². The molecule has 8 heteroatoms. The Morgan fingerprint density at radius 2 is 2.05 bits per heavy atom. The zero-order valence-electron chi connectivity index (χ0n) is 12.1. The summed E-state index contributed by atoms with van der Waals surface area (Å²) >= 11 is 0. The van der Waals surface area contributed by atoms with Crippen molar-refractivity contribution < 1.29 is 17.9 Å². The van der Waals surface area contributed by atoms with E-state index in [-0.39, 0.29) is 28.6 Å². The maximum absolute atomic E-state index is 12.2. The van der Waals surface area contributed by atoms with Crippen molar-refractivity contribution in [1.29, 1.82) is 0 Å². The average molecular weight is 303 g/mol. The van der Waals surface area contributed by atoms with Crippen LogP contribution in [0.5, 0.6) is 0 Å². The standard InChI is InChI=1S/C12H21N3O4S/c1-8(2)15-6-10(20(13,17)18)5-11(15)12(16)14-9(3)7-19-4/h5-6,8-9H,7H2,1-4H3,(H,14,16)(H2,13,17,18). The molecule has 0 spiro atoms. The van der Waals surface area contributed by atoms with E-state index in [1.807, 2.05) is 13.8 Å². The number of ether oxygens (including phenoxy) is 1. The lowest BCUT2D eigenvalue weighted by Crippen LogP contribution is -2.36. The first-order chi connectivity index (χ1) is 9.16. The van der Waals surface area contributed by atoms with Gasteiger partial charge in [0.05, 0.1) is 6.61 Å². The molecular formula is C12H21N3O4S. The van der Waals surface area contributed by atoms with Crippen LogP contribution >= 0.6 is 0 Å². The summed E-state index contributed by atoms with van der Waals surface area (Å²) < 4.78 is 29.3. The zero-order valence-corrected chi connectivity index (χ0v) is 12.9. The zero-order chi connectivity index (χ0) is 15.5. The molecule has 0 radical (unpaired) electrons. The smallest absolute Gasteiger partial charge is 0.268 e. The van der Waals surface area contributed by atoms with Crippen molar-refractivity contribution in [3.63, 3.8) is 0 Å². The van der Waals surface area contributed by atoms with E-state index in [9.17, 15) is 13.2 Å². The van der Waals surface area contributed by atoms with Gasteiger partial charge in [-0.15, -0.1) is 0 Å². The topological polar surface area (TPSA) is 103 Å². The van der Waals surface area contributed by atoms with E-state index in [1.165, 1.54) is 12.3 Å². The highest BCUT2D eigenvalue weighted by Gasteiger charge is 2.21. The molecule has 114 valence electrons. The molecule has 0 fully saturated rings. The molecule has 1 rings (SSSR count). The molecule has 3 N–H and O–H groups in total. The van der Waals surface area contributed by atoms with Crippen LogP contribution in [0.25, 0.3) is 0 Å². The molecule has 1 aromatic heterocycles. The van der Waals surface area contributed by atoms with E-state index in [4.69, 9.17) is 9.88 Å². The van der Waals surface area contributed by atoms with Crippen LogP contribution in [0.15, 0.2) is 17.2 Å². The Morgan fingerprint density at radius 1 is 1.45 bits per heavy atom. The molecule has 0 aliphatic rings. The van der Waals surface area contributed by atoms with Crippen molar-refractivity contribution in [2.24, 2.45) is 5.14 Å². The number of aromatic nitrogens is 1. The van der Waals surface area contributed by atoms with Gasteiger partial charge in [-0.25, -0.2) is 13.6 Å². The number of carbonyl (C=O) groups is 1. The third-order valence-electron chi connectivity index (χ3n) is 2.74. The monoisotopic (exact) mass is 303 g/mol. The fraction of sp³-hybridized carbons (Fsp3) is 0.583. The van der Waals surface area contributed by atoms with Crippen LogP contribution in [-0.2, 0) is 14.8 Å². The summed E-state index contributed by atoms with van der Waals surface area (Å²) in [5.41, 5.74) is 0.256. The summed E-state index contributed by atoms with van der Waals surface area (Å²) in [5.74, 6) is -0.363. The third kappa shape index (κ3) is 4.06. The molecule has 0 aromatic carbocycles. The van der Waals surface area contributed by atoms with Crippen LogP contribution in [0.2, 0.25) is 0 Å². The minimum absolute atomic E-state index is 0.0658. The Kier molecular flexibility index (Phi) is 5.32. The Balaban J connectivity index is 3.10. The summed E-state index contributed by atoms with van der Waals surface area (Å²) in [4.78, 5) is 12.1. The summed E-state index contributed by atoms with van der Waals surface area (Å²) in [6.45, 7) is 5.87. The van der Waals surface area contributed by atoms with E-state index in [0.29, 0.717) is 6.61 Å². The van der Waals surface area contributed by atoms with Gasteiger partial charge in [0.15, 0.2) is 0 Å². The summed E-state index contributed by atoms with van der Waals surface area (Å²) in [7, 11) is -2.30. The van der Waals surface area contributed by atoms with Crippen LogP contribution in [-0.4, -0.2) is 38.7 Å². The van der Waals surface area contributed by atoms with Crippen LogP contribution in [0.1, 0.15) is 37.3 Å². The molecule has 1 aromatic rings. The third-order valence-corrected chi connectivity index (χ3v) is 3.62. The summed E-state index contributed by atoms with van der Waals surface area (Å²) in [5, 5.41) is 7.83. The molecule has 7 nitrogen and oxygen atoms in total. The number of nitrogens with two attached hydrogens (primary N) is 1. The normalized spacial score (nSPS) is 13.5. The van der Waals surface area contributed by atoms with E-state index in [2.05, 4.69) is 5.32 Å². The van der Waals surface area contributed by atoms with Gasteiger partial charge >= 0.3 is 0 Å². The molecule has 1 amide bonds. The van der Waals surface area contributed by atoms with Crippen LogP contribution < -0.4 is 10.5 Å². The molecule has 0 saturated heterocycles. The number of primary sulfonamides is 1. The number of sulfonamides is 1. The van der Waals surface area contributed by atoms with Crippen molar-refractivity contribution in [3.8, 4) is 0 Å². The molecule has 1 atom stereocenters. The summed E-state index contributed by atoms with van der Waals surface area (Å²) in [6, 6.07) is 1.04. The lowest BCUT2D eigenvalue weighted by molar-refractivity contribution is 0.0895. The van der Waals surface area contributed by atoms with Gasteiger partial charge in [-0.1, -0.05) is 0 Å². The van der Waals surface area contributed by atoms with Crippen molar-refractivity contribution >= 4 is 15.9 Å². The second-order valence-electron chi connectivity index (χ2n) is 4.94. The number of rotatable bonds is 6. The van der Waals surface area contributed by atoms with Crippen LogP contribution in [0, 0.1) is 0 Å². The molecule has 0 saturated carbocycles. The predicted molar refractivity (Wildman–Crippen MR) is 75.0 cm³/mol.